The number of benzene rings is 3. The molecule has 0 bridgehead atoms. The molecular weight excluding hydrogens is 422 g/mol. The average molecular weight is 438 g/mol. The summed E-state index contributed by atoms with van der Waals surface area (Å²) in [7, 11) is -2.53. The SMILES string of the molecule is C#Cc1cccc(S(=O)(=O)Nc2cc(-c3cc4cc(F)c(F)cc4[nH]3)ccc2OC)c1. The normalized spacial score (nSPS) is 11.3. The average Bonchev–Trinajstić information content (AvgIpc) is 3.16. The van der Waals surface area contributed by atoms with Crippen LogP contribution in [0.2, 0.25) is 0 Å². The fourth-order valence-corrected chi connectivity index (χ4v) is 4.30. The van der Waals surface area contributed by atoms with E-state index in [4.69, 9.17) is 11.2 Å². The van der Waals surface area contributed by atoms with Gasteiger partial charge in [0.25, 0.3) is 10.0 Å². The van der Waals surface area contributed by atoms with E-state index in [0.29, 0.717) is 33.5 Å². The maximum absolute atomic E-state index is 13.5. The summed E-state index contributed by atoms with van der Waals surface area (Å²) >= 11 is 0. The molecule has 1 heterocycles. The number of aromatic nitrogens is 1. The predicted octanol–water partition coefficient (Wildman–Crippen LogP) is 4.90. The van der Waals surface area contributed by atoms with E-state index in [-0.39, 0.29) is 10.6 Å². The molecule has 0 unspecified atom stereocenters. The number of hydrogen-bond donors (Lipinski definition) is 2. The summed E-state index contributed by atoms with van der Waals surface area (Å²) in [4.78, 5) is 3.01. The minimum absolute atomic E-state index is 0.00645. The maximum atomic E-state index is 13.5. The van der Waals surface area contributed by atoms with Gasteiger partial charge in [-0.3, -0.25) is 4.72 Å². The van der Waals surface area contributed by atoms with Crippen molar-refractivity contribution < 1.29 is 21.9 Å². The molecule has 0 saturated heterocycles. The molecule has 1 aromatic heterocycles. The van der Waals surface area contributed by atoms with Crippen LogP contribution < -0.4 is 9.46 Å². The number of anilines is 1. The van der Waals surface area contributed by atoms with Crippen LogP contribution in [-0.4, -0.2) is 20.5 Å². The highest BCUT2D eigenvalue weighted by Gasteiger charge is 2.18. The molecule has 0 amide bonds. The number of aromatic amines is 1. The van der Waals surface area contributed by atoms with Crippen molar-refractivity contribution in [3.05, 3.63) is 77.9 Å². The van der Waals surface area contributed by atoms with E-state index in [0.717, 1.165) is 12.1 Å². The highest BCUT2D eigenvalue weighted by molar-refractivity contribution is 7.92. The third-order valence-electron chi connectivity index (χ3n) is 4.73. The smallest absolute Gasteiger partial charge is 0.262 e. The van der Waals surface area contributed by atoms with E-state index < -0.39 is 21.7 Å². The molecular formula is C23H16F2N2O3S. The Bertz CT molecular complexity index is 1410. The lowest BCUT2D eigenvalue weighted by molar-refractivity contribution is 0.417. The first-order valence-electron chi connectivity index (χ1n) is 9.06. The largest absolute Gasteiger partial charge is 0.495 e. The highest BCUT2D eigenvalue weighted by atomic mass is 32.2. The van der Waals surface area contributed by atoms with E-state index in [1.165, 1.54) is 19.2 Å². The number of H-pyrrole nitrogens is 1. The van der Waals surface area contributed by atoms with Gasteiger partial charge in [0.15, 0.2) is 11.6 Å². The zero-order valence-electron chi connectivity index (χ0n) is 16.2. The van der Waals surface area contributed by atoms with Gasteiger partial charge in [-0.2, -0.15) is 0 Å². The molecule has 5 nitrogen and oxygen atoms in total. The van der Waals surface area contributed by atoms with Crippen LogP contribution in [0.5, 0.6) is 5.75 Å². The fourth-order valence-electron chi connectivity index (χ4n) is 3.19. The summed E-state index contributed by atoms with van der Waals surface area (Å²) in [5, 5.41) is 0.484. The lowest BCUT2D eigenvalue weighted by Gasteiger charge is -2.13. The number of rotatable bonds is 5. The van der Waals surface area contributed by atoms with Gasteiger partial charge in [-0.1, -0.05) is 12.0 Å². The number of methoxy groups -OCH3 is 1. The van der Waals surface area contributed by atoms with Crippen molar-refractivity contribution >= 4 is 26.6 Å². The Morgan fingerprint density at radius 2 is 1.81 bits per heavy atom. The number of fused-ring (bicyclic) bond motifs is 1. The van der Waals surface area contributed by atoms with Crippen LogP contribution in [0.15, 0.2) is 65.6 Å². The van der Waals surface area contributed by atoms with E-state index >= 15 is 0 Å². The molecule has 156 valence electrons. The van der Waals surface area contributed by atoms with Crippen LogP contribution in [0.4, 0.5) is 14.5 Å². The van der Waals surface area contributed by atoms with Crippen molar-refractivity contribution in [2.45, 2.75) is 4.90 Å². The van der Waals surface area contributed by atoms with Gasteiger partial charge in [-0.05, 0) is 48.5 Å². The summed E-state index contributed by atoms with van der Waals surface area (Å²) in [6.45, 7) is 0. The molecule has 4 rings (SSSR count). The van der Waals surface area contributed by atoms with Gasteiger partial charge in [0.05, 0.1) is 17.7 Å². The van der Waals surface area contributed by atoms with Crippen molar-refractivity contribution in [2.75, 3.05) is 11.8 Å². The van der Waals surface area contributed by atoms with Gasteiger partial charge < -0.3 is 9.72 Å². The number of nitrogens with one attached hydrogen (secondary N) is 2. The minimum atomic E-state index is -3.95. The lowest BCUT2D eigenvalue weighted by atomic mass is 10.1. The second-order valence-corrected chi connectivity index (χ2v) is 8.41. The standard InChI is InChI=1S/C23H16F2N2O3S/c1-3-14-5-4-6-17(9-14)31(28,29)27-22-11-15(7-8-23(22)30-2)20-12-16-10-18(24)19(25)13-21(16)26-20/h1,4-13,26-27H,2H3. The highest BCUT2D eigenvalue weighted by Crippen LogP contribution is 2.33. The van der Waals surface area contributed by atoms with Crippen LogP contribution in [0.1, 0.15) is 5.56 Å². The number of hydrogen-bond acceptors (Lipinski definition) is 3. The van der Waals surface area contributed by atoms with Crippen molar-refractivity contribution in [3.8, 4) is 29.4 Å². The quantitative estimate of drug-likeness (QED) is 0.435. The molecule has 0 aliphatic heterocycles. The molecule has 0 atom stereocenters. The first-order valence-corrected chi connectivity index (χ1v) is 10.5. The van der Waals surface area contributed by atoms with E-state index in [9.17, 15) is 17.2 Å². The summed E-state index contributed by atoms with van der Waals surface area (Å²) in [6, 6.07) is 14.7. The maximum Gasteiger partial charge on any atom is 0.262 e. The summed E-state index contributed by atoms with van der Waals surface area (Å²) in [5.41, 5.74) is 2.19. The van der Waals surface area contributed by atoms with E-state index in [2.05, 4.69) is 15.6 Å². The molecule has 0 saturated carbocycles. The van der Waals surface area contributed by atoms with Crippen molar-refractivity contribution in [3.63, 3.8) is 0 Å². The van der Waals surface area contributed by atoms with Crippen molar-refractivity contribution in [1.82, 2.24) is 4.98 Å². The van der Waals surface area contributed by atoms with Gasteiger partial charge >= 0.3 is 0 Å². The molecule has 3 aromatic carbocycles. The van der Waals surface area contributed by atoms with Gasteiger partial charge in [0, 0.05) is 33.8 Å². The van der Waals surface area contributed by atoms with Crippen molar-refractivity contribution in [1.29, 1.82) is 0 Å². The number of sulfonamides is 1. The first kappa shape index (κ1) is 20.4. The molecule has 4 aromatic rings. The third kappa shape index (κ3) is 3.96. The summed E-state index contributed by atoms with van der Waals surface area (Å²) < 4.78 is 60.6. The van der Waals surface area contributed by atoms with Crippen LogP contribution in [0, 0.1) is 24.0 Å². The van der Waals surface area contributed by atoms with Crippen LogP contribution in [-0.2, 0) is 10.0 Å². The van der Waals surface area contributed by atoms with Crippen molar-refractivity contribution in [2.24, 2.45) is 0 Å². The van der Waals surface area contributed by atoms with Crippen LogP contribution >= 0.6 is 0 Å². The van der Waals surface area contributed by atoms with Crippen LogP contribution in [0.3, 0.4) is 0 Å². The topological polar surface area (TPSA) is 71.2 Å². The zero-order chi connectivity index (χ0) is 22.2. The van der Waals surface area contributed by atoms with Crippen LogP contribution in [0.25, 0.3) is 22.2 Å². The van der Waals surface area contributed by atoms with E-state index in [1.54, 1.807) is 36.4 Å². The van der Waals surface area contributed by atoms with E-state index in [1.807, 2.05) is 0 Å². The van der Waals surface area contributed by atoms with Gasteiger partial charge in [-0.25, -0.2) is 17.2 Å². The monoisotopic (exact) mass is 438 g/mol. The Labute approximate surface area is 177 Å². The molecule has 0 aliphatic carbocycles. The Morgan fingerprint density at radius 3 is 2.55 bits per heavy atom. The number of halogens is 2. The zero-order valence-corrected chi connectivity index (χ0v) is 17.1. The predicted molar refractivity (Wildman–Crippen MR) is 115 cm³/mol. The number of ether oxygens (including phenoxy) is 1. The molecule has 0 spiro atoms. The molecule has 31 heavy (non-hydrogen) atoms. The Kier molecular flexibility index (Phi) is 5.13. The van der Waals surface area contributed by atoms with Gasteiger partial charge in [-0.15, -0.1) is 6.42 Å². The second-order valence-electron chi connectivity index (χ2n) is 6.73. The van der Waals surface area contributed by atoms with Gasteiger partial charge in [0.1, 0.15) is 5.75 Å². The number of terminal acetylenes is 1. The summed E-state index contributed by atoms with van der Waals surface area (Å²) in [5.74, 6) is 0.794. The molecule has 0 aliphatic rings. The Balaban J connectivity index is 1.75. The molecule has 0 radical (unpaired) electrons. The molecule has 8 heteroatoms. The molecule has 2 N–H and O–H groups in total. The second kappa shape index (κ2) is 7.78. The van der Waals surface area contributed by atoms with Gasteiger partial charge in [0.2, 0.25) is 0 Å². The first-order chi connectivity index (χ1) is 14.8. The lowest BCUT2D eigenvalue weighted by Crippen LogP contribution is -2.14. The fraction of sp³-hybridized carbons (Fsp3) is 0.0435. The summed E-state index contributed by atoms with van der Waals surface area (Å²) in [6.07, 6.45) is 5.36. The molecule has 0 fully saturated rings. The minimum Gasteiger partial charge on any atom is -0.495 e. The third-order valence-corrected chi connectivity index (χ3v) is 6.09. The Hall–Kier alpha value is -3.83. The Morgan fingerprint density at radius 1 is 1.03 bits per heavy atom.